The van der Waals surface area contributed by atoms with Crippen LogP contribution in [0.25, 0.3) is 32.9 Å². The topological polar surface area (TPSA) is 106 Å². The van der Waals surface area contributed by atoms with E-state index in [1.807, 2.05) is 39.0 Å². The van der Waals surface area contributed by atoms with Crippen LogP contribution in [0.4, 0.5) is 4.79 Å². The summed E-state index contributed by atoms with van der Waals surface area (Å²) in [5, 5.41) is 2.04. The Labute approximate surface area is 235 Å². The van der Waals surface area contributed by atoms with Crippen molar-refractivity contribution >= 4 is 37.9 Å². The largest absolute Gasteiger partial charge is 0.493 e. The van der Waals surface area contributed by atoms with Gasteiger partial charge in [-0.15, -0.1) is 0 Å². The van der Waals surface area contributed by atoms with E-state index in [0.717, 1.165) is 36.8 Å². The van der Waals surface area contributed by atoms with Crippen LogP contribution in [-0.4, -0.2) is 87.1 Å². The molecule has 0 aliphatic carbocycles. The van der Waals surface area contributed by atoms with E-state index in [1.165, 1.54) is 7.11 Å². The first kappa shape index (κ1) is 29.4. The highest BCUT2D eigenvalue weighted by molar-refractivity contribution is 7.86. The quantitative estimate of drug-likeness (QED) is 0.283. The smallest absolute Gasteiger partial charge is 0.419 e. The molecule has 0 bridgehead atoms. The van der Waals surface area contributed by atoms with Crippen LogP contribution >= 0.6 is 0 Å². The minimum atomic E-state index is -3.82. The molecule has 0 fully saturated rings. The zero-order chi connectivity index (χ0) is 29.4. The fourth-order valence-corrected chi connectivity index (χ4v) is 5.08. The maximum Gasteiger partial charge on any atom is 0.419 e. The summed E-state index contributed by atoms with van der Waals surface area (Å²) in [6.07, 6.45) is 3.84. The molecule has 0 spiro atoms. The van der Waals surface area contributed by atoms with Gasteiger partial charge in [-0.25, -0.2) is 9.36 Å². The molecule has 216 valence electrons. The molecule has 2 heterocycles. The van der Waals surface area contributed by atoms with Gasteiger partial charge in [0.15, 0.2) is 11.5 Å². The molecule has 0 saturated heterocycles. The summed E-state index contributed by atoms with van der Waals surface area (Å²) in [6, 6.07) is 9.67. The Morgan fingerprint density at radius 3 is 2.35 bits per heavy atom. The van der Waals surface area contributed by atoms with Crippen molar-refractivity contribution < 1.29 is 26.9 Å². The highest BCUT2D eigenvalue weighted by Gasteiger charge is 2.26. The third kappa shape index (κ3) is 6.60. The van der Waals surface area contributed by atoms with E-state index in [2.05, 4.69) is 42.0 Å². The second kappa shape index (κ2) is 11.1. The van der Waals surface area contributed by atoms with Gasteiger partial charge in [-0.1, -0.05) is 6.07 Å². The molecule has 0 saturated carbocycles. The van der Waals surface area contributed by atoms with Crippen molar-refractivity contribution in [3.8, 4) is 22.8 Å². The molecule has 11 heteroatoms. The molecule has 4 aromatic rings. The molecule has 2 aromatic heterocycles. The second-order valence-corrected chi connectivity index (χ2v) is 12.9. The number of carbonyl (C=O) groups is 1. The molecule has 4 rings (SSSR count). The highest BCUT2D eigenvalue weighted by Crippen LogP contribution is 2.44. The average Bonchev–Trinajstić information content (AvgIpc) is 3.46. The lowest BCUT2D eigenvalue weighted by Crippen LogP contribution is -2.28. The number of aromatic nitrogens is 2. The molecule has 0 atom stereocenters. The number of methoxy groups -OCH3 is 1. The third-order valence-electron chi connectivity index (χ3n) is 6.33. The number of benzene rings is 2. The fourth-order valence-electron chi connectivity index (χ4n) is 4.61. The average molecular weight is 571 g/mol. The number of aromatic amines is 1. The third-order valence-corrected chi connectivity index (χ3v) is 6.80. The summed E-state index contributed by atoms with van der Waals surface area (Å²) in [6.45, 7) is 8.09. The van der Waals surface area contributed by atoms with E-state index in [-0.39, 0.29) is 11.5 Å². The first-order chi connectivity index (χ1) is 18.7. The van der Waals surface area contributed by atoms with Crippen molar-refractivity contribution in [1.82, 2.24) is 19.4 Å². The SMILES string of the molecule is COc1cc(-c2cc3cc(CN(C)CCN(C)C)ccc3n2C(=O)OC(C)(C)C)c2c[nH]cc2c1OS(C)(=O)=O. The first-order valence-electron chi connectivity index (χ1n) is 12.9. The van der Waals surface area contributed by atoms with E-state index >= 15 is 0 Å². The van der Waals surface area contributed by atoms with Crippen LogP contribution in [0.1, 0.15) is 26.3 Å². The molecule has 10 nitrogen and oxygen atoms in total. The number of nitrogens with one attached hydrogen (secondary N) is 1. The van der Waals surface area contributed by atoms with Crippen LogP contribution in [-0.2, 0) is 21.4 Å². The number of likely N-dealkylation sites (N-methyl/N-ethyl adjacent to an activating group) is 2. The van der Waals surface area contributed by atoms with Crippen LogP contribution in [0.15, 0.2) is 42.7 Å². The van der Waals surface area contributed by atoms with Gasteiger partial charge < -0.3 is 28.4 Å². The number of H-pyrrole nitrogens is 1. The maximum atomic E-state index is 13.6. The first-order valence-corrected chi connectivity index (χ1v) is 14.8. The van der Waals surface area contributed by atoms with Gasteiger partial charge in [0.1, 0.15) is 5.60 Å². The molecule has 0 amide bonds. The number of rotatable bonds is 9. The monoisotopic (exact) mass is 570 g/mol. The molecule has 0 radical (unpaired) electrons. The van der Waals surface area contributed by atoms with Crippen LogP contribution in [0, 0.1) is 0 Å². The summed E-state index contributed by atoms with van der Waals surface area (Å²) in [5.41, 5.74) is 2.33. The predicted molar refractivity (Wildman–Crippen MR) is 158 cm³/mol. The summed E-state index contributed by atoms with van der Waals surface area (Å²) in [7, 11) is 3.81. The molecular weight excluding hydrogens is 532 g/mol. The predicted octanol–water partition coefficient (Wildman–Crippen LogP) is 4.91. The standard InChI is InChI=1S/C29H38N4O6S/c1-29(2,3)38-28(34)33-24-10-9-19(18-32(6)12-11-31(4)5)13-20(24)14-25(33)21-15-26(37-7)27(39-40(8,35)36)23-17-30-16-22(21)23/h9-10,13-17,30H,11-12,18H2,1-8H3. The molecular formula is C29H38N4O6S. The van der Waals surface area contributed by atoms with Crippen molar-refractivity contribution in [3.05, 3.63) is 48.3 Å². The maximum absolute atomic E-state index is 13.6. The number of carbonyl (C=O) groups excluding carboxylic acids is 1. The van der Waals surface area contributed by atoms with Crippen molar-refractivity contribution in [2.75, 3.05) is 47.6 Å². The molecule has 40 heavy (non-hydrogen) atoms. The Morgan fingerprint density at radius 2 is 1.73 bits per heavy atom. The Balaban J connectivity index is 1.90. The zero-order valence-corrected chi connectivity index (χ0v) is 25.2. The van der Waals surface area contributed by atoms with Gasteiger partial charge >= 0.3 is 16.2 Å². The highest BCUT2D eigenvalue weighted by atomic mass is 32.2. The number of hydrogen-bond acceptors (Lipinski definition) is 8. The lowest BCUT2D eigenvalue weighted by molar-refractivity contribution is 0.0547. The van der Waals surface area contributed by atoms with Crippen LogP contribution in [0.2, 0.25) is 0 Å². The minimum absolute atomic E-state index is 0.0768. The number of ether oxygens (including phenoxy) is 2. The fraction of sp³-hybridized carbons (Fsp3) is 0.414. The molecule has 2 aromatic carbocycles. The van der Waals surface area contributed by atoms with E-state index in [9.17, 15) is 13.2 Å². The summed E-state index contributed by atoms with van der Waals surface area (Å²) in [5.74, 6) is 0.296. The lowest BCUT2D eigenvalue weighted by atomic mass is 10.0. The van der Waals surface area contributed by atoms with E-state index in [4.69, 9.17) is 13.7 Å². The second-order valence-electron chi connectivity index (χ2n) is 11.3. The lowest BCUT2D eigenvalue weighted by Gasteiger charge is -2.21. The van der Waals surface area contributed by atoms with E-state index in [1.54, 1.807) is 23.0 Å². The van der Waals surface area contributed by atoms with Gasteiger partial charge in [0.25, 0.3) is 0 Å². The van der Waals surface area contributed by atoms with Crippen molar-refractivity contribution in [2.45, 2.75) is 32.9 Å². The van der Waals surface area contributed by atoms with Crippen molar-refractivity contribution in [1.29, 1.82) is 0 Å². The Bertz CT molecular complexity index is 1650. The van der Waals surface area contributed by atoms with Crippen molar-refractivity contribution in [3.63, 3.8) is 0 Å². The molecule has 0 unspecified atom stereocenters. The van der Waals surface area contributed by atoms with Gasteiger partial charge in [-0.2, -0.15) is 8.42 Å². The van der Waals surface area contributed by atoms with Crippen LogP contribution in [0.3, 0.4) is 0 Å². The van der Waals surface area contributed by atoms with Crippen molar-refractivity contribution in [2.24, 2.45) is 0 Å². The van der Waals surface area contributed by atoms with E-state index in [0.29, 0.717) is 27.5 Å². The minimum Gasteiger partial charge on any atom is -0.493 e. The van der Waals surface area contributed by atoms with Crippen LogP contribution < -0.4 is 8.92 Å². The van der Waals surface area contributed by atoms with Gasteiger partial charge in [-0.3, -0.25) is 0 Å². The Morgan fingerprint density at radius 1 is 1.02 bits per heavy atom. The molecule has 0 aliphatic rings. The van der Waals surface area contributed by atoms with Gasteiger partial charge in [0.05, 0.1) is 24.6 Å². The van der Waals surface area contributed by atoms with Gasteiger partial charge in [0.2, 0.25) is 0 Å². The molecule has 1 N–H and O–H groups in total. The zero-order valence-electron chi connectivity index (χ0n) is 24.4. The number of hydrogen-bond donors (Lipinski definition) is 1. The van der Waals surface area contributed by atoms with Crippen LogP contribution in [0.5, 0.6) is 11.5 Å². The Kier molecular flexibility index (Phi) is 8.21. The summed E-state index contributed by atoms with van der Waals surface area (Å²) < 4.78 is 42.2. The van der Waals surface area contributed by atoms with E-state index < -0.39 is 21.8 Å². The normalized spacial score (nSPS) is 12.6. The summed E-state index contributed by atoms with van der Waals surface area (Å²) >= 11 is 0. The molecule has 0 aliphatic heterocycles. The number of nitrogens with zero attached hydrogens (tertiary/aromatic N) is 3. The Hall–Kier alpha value is -3.54. The van der Waals surface area contributed by atoms with Gasteiger partial charge in [0, 0.05) is 53.8 Å². The number of fused-ring (bicyclic) bond motifs is 2. The van der Waals surface area contributed by atoms with Gasteiger partial charge in [-0.05, 0) is 71.7 Å². The summed E-state index contributed by atoms with van der Waals surface area (Å²) in [4.78, 5) is 21.0.